The largest absolute Gasteiger partial charge is 0.506 e. The number of amides is 1. The van der Waals surface area contributed by atoms with Crippen molar-refractivity contribution in [2.75, 3.05) is 5.32 Å². The Kier molecular flexibility index (Phi) is 2.17. The summed E-state index contributed by atoms with van der Waals surface area (Å²) in [4.78, 5) is 11.4. The Balaban J connectivity index is 1.75. The quantitative estimate of drug-likeness (QED) is 0.627. The number of phenols is 1. The Labute approximate surface area is 105 Å². The summed E-state index contributed by atoms with van der Waals surface area (Å²) in [6, 6.07) is 6.69. The molecule has 1 spiro atoms. The van der Waals surface area contributed by atoms with E-state index >= 15 is 0 Å². The van der Waals surface area contributed by atoms with E-state index in [2.05, 4.69) is 5.32 Å². The van der Waals surface area contributed by atoms with E-state index in [-0.39, 0.29) is 17.1 Å². The number of benzene rings is 1. The Morgan fingerprint density at radius 3 is 2.59 bits per heavy atom. The van der Waals surface area contributed by atoms with Gasteiger partial charge in [-0.15, -0.1) is 11.6 Å². The number of para-hydroxylation sites is 2. The van der Waals surface area contributed by atoms with Crippen molar-refractivity contribution >= 4 is 23.2 Å². The van der Waals surface area contributed by atoms with Gasteiger partial charge >= 0.3 is 0 Å². The number of rotatable bonds is 2. The van der Waals surface area contributed by atoms with Crippen LogP contribution in [0.3, 0.4) is 0 Å². The molecule has 0 radical (unpaired) electrons. The van der Waals surface area contributed by atoms with Crippen molar-refractivity contribution in [2.45, 2.75) is 30.6 Å². The minimum Gasteiger partial charge on any atom is -0.506 e. The highest BCUT2D eigenvalue weighted by Crippen LogP contribution is 2.71. The van der Waals surface area contributed by atoms with Gasteiger partial charge in [0.1, 0.15) is 10.6 Å². The number of carbonyl (C=O) groups is 1. The first-order valence-corrected chi connectivity index (χ1v) is 6.24. The molecule has 1 aromatic carbocycles. The molecule has 2 saturated carbocycles. The molecular formula is C13H14ClNO2. The summed E-state index contributed by atoms with van der Waals surface area (Å²) < 4.78 is 0. The fourth-order valence-corrected chi connectivity index (χ4v) is 3.21. The van der Waals surface area contributed by atoms with Crippen LogP contribution in [-0.2, 0) is 4.79 Å². The third-order valence-electron chi connectivity index (χ3n) is 4.12. The van der Waals surface area contributed by atoms with Crippen LogP contribution in [0.2, 0.25) is 0 Å². The maximum atomic E-state index is 12.1. The Bertz CT molecular complexity index is 484. The number of hydrogen-bond acceptors (Lipinski definition) is 2. The molecule has 0 saturated heterocycles. The Hall–Kier alpha value is -1.22. The summed E-state index contributed by atoms with van der Waals surface area (Å²) in [6.45, 7) is 0. The molecule has 90 valence electrons. The van der Waals surface area contributed by atoms with Gasteiger partial charge < -0.3 is 10.4 Å². The van der Waals surface area contributed by atoms with Crippen LogP contribution < -0.4 is 5.32 Å². The summed E-state index contributed by atoms with van der Waals surface area (Å²) in [5.74, 6) is -0.107. The standard InChI is InChI=1S/C13H14ClNO2/c14-13(8-12(13)6-3-7-12)11(17)15-9-4-1-2-5-10(9)16/h1-2,4-5,16H,3,6-8H2,(H,15,17). The normalized spacial score (nSPS) is 28.5. The van der Waals surface area contributed by atoms with Gasteiger partial charge in [0, 0.05) is 5.41 Å². The van der Waals surface area contributed by atoms with Gasteiger partial charge in [-0.05, 0) is 31.4 Å². The van der Waals surface area contributed by atoms with Crippen molar-refractivity contribution in [2.24, 2.45) is 5.41 Å². The van der Waals surface area contributed by atoms with Crippen LogP contribution in [0.5, 0.6) is 5.75 Å². The summed E-state index contributed by atoms with van der Waals surface area (Å²) in [5.41, 5.74) is 0.474. The third kappa shape index (κ3) is 1.45. The first-order chi connectivity index (χ1) is 8.07. The number of carbonyl (C=O) groups excluding carboxylic acids is 1. The van der Waals surface area contributed by atoms with E-state index in [1.165, 1.54) is 6.42 Å². The van der Waals surface area contributed by atoms with E-state index < -0.39 is 4.87 Å². The molecule has 1 aromatic rings. The number of halogens is 1. The van der Waals surface area contributed by atoms with Gasteiger partial charge in [0.25, 0.3) is 0 Å². The fraction of sp³-hybridized carbons (Fsp3) is 0.462. The van der Waals surface area contributed by atoms with Crippen LogP contribution in [0.1, 0.15) is 25.7 Å². The summed E-state index contributed by atoms with van der Waals surface area (Å²) in [7, 11) is 0. The number of phenolic OH excluding ortho intramolecular Hbond substituents is 1. The maximum absolute atomic E-state index is 12.1. The maximum Gasteiger partial charge on any atom is 0.246 e. The first kappa shape index (κ1) is 10.9. The highest BCUT2D eigenvalue weighted by Gasteiger charge is 2.73. The lowest BCUT2D eigenvalue weighted by molar-refractivity contribution is -0.117. The second kappa shape index (κ2) is 3.39. The highest BCUT2D eigenvalue weighted by molar-refractivity contribution is 6.40. The molecule has 4 heteroatoms. The second-order valence-corrected chi connectivity index (χ2v) is 5.73. The molecule has 1 unspecified atom stereocenters. The molecule has 17 heavy (non-hydrogen) atoms. The van der Waals surface area contributed by atoms with Crippen molar-refractivity contribution in [1.82, 2.24) is 0 Å². The lowest BCUT2D eigenvalue weighted by Crippen LogP contribution is -2.34. The Morgan fingerprint density at radius 1 is 1.35 bits per heavy atom. The monoisotopic (exact) mass is 251 g/mol. The summed E-state index contributed by atoms with van der Waals surface area (Å²) >= 11 is 6.36. The molecule has 0 aromatic heterocycles. The molecular weight excluding hydrogens is 238 g/mol. The van der Waals surface area contributed by atoms with Gasteiger partial charge in [0.2, 0.25) is 5.91 Å². The van der Waals surface area contributed by atoms with Crippen molar-refractivity contribution in [1.29, 1.82) is 0 Å². The van der Waals surface area contributed by atoms with Gasteiger partial charge in [-0.25, -0.2) is 0 Å². The van der Waals surface area contributed by atoms with Crippen LogP contribution in [0, 0.1) is 5.41 Å². The van der Waals surface area contributed by atoms with E-state index in [0.717, 1.165) is 19.3 Å². The van der Waals surface area contributed by atoms with Gasteiger partial charge in [-0.3, -0.25) is 4.79 Å². The minimum atomic E-state index is -0.743. The van der Waals surface area contributed by atoms with Crippen LogP contribution >= 0.6 is 11.6 Å². The van der Waals surface area contributed by atoms with Crippen LogP contribution in [0.4, 0.5) is 5.69 Å². The molecule has 2 aliphatic carbocycles. The second-order valence-electron chi connectivity index (χ2n) is 5.08. The molecule has 2 aliphatic rings. The van der Waals surface area contributed by atoms with Gasteiger partial charge in [-0.2, -0.15) is 0 Å². The number of aromatic hydroxyl groups is 1. The zero-order chi connectivity index (χ0) is 12.1. The zero-order valence-electron chi connectivity index (χ0n) is 9.37. The van der Waals surface area contributed by atoms with E-state index in [1.807, 2.05) is 0 Å². The van der Waals surface area contributed by atoms with Gasteiger partial charge in [0.05, 0.1) is 5.69 Å². The van der Waals surface area contributed by atoms with Crippen LogP contribution in [-0.4, -0.2) is 15.9 Å². The molecule has 2 N–H and O–H groups in total. The van der Waals surface area contributed by atoms with E-state index in [9.17, 15) is 9.90 Å². The Morgan fingerprint density at radius 2 is 2.06 bits per heavy atom. The lowest BCUT2D eigenvalue weighted by Gasteiger charge is -2.29. The van der Waals surface area contributed by atoms with E-state index in [4.69, 9.17) is 11.6 Å². The summed E-state index contributed by atoms with van der Waals surface area (Å²) in [6.07, 6.45) is 4.02. The lowest BCUT2D eigenvalue weighted by atomic mass is 9.79. The predicted octanol–water partition coefficient (Wildman–Crippen LogP) is 2.88. The molecule has 3 nitrogen and oxygen atoms in total. The topological polar surface area (TPSA) is 49.3 Å². The molecule has 3 rings (SSSR count). The number of nitrogens with one attached hydrogen (secondary N) is 1. The molecule has 0 heterocycles. The number of hydrogen-bond donors (Lipinski definition) is 2. The van der Waals surface area contributed by atoms with Crippen LogP contribution in [0.15, 0.2) is 24.3 Å². The molecule has 2 fully saturated rings. The van der Waals surface area contributed by atoms with E-state index in [0.29, 0.717) is 5.69 Å². The molecule has 0 aliphatic heterocycles. The summed E-state index contributed by atoms with van der Waals surface area (Å²) in [5, 5.41) is 12.3. The smallest absolute Gasteiger partial charge is 0.246 e. The molecule has 1 amide bonds. The SMILES string of the molecule is O=C(Nc1ccccc1O)C1(Cl)CC12CCC2. The van der Waals surface area contributed by atoms with Gasteiger partial charge in [-0.1, -0.05) is 18.6 Å². The van der Waals surface area contributed by atoms with E-state index in [1.54, 1.807) is 24.3 Å². The minimum absolute atomic E-state index is 0.0447. The van der Waals surface area contributed by atoms with Crippen molar-refractivity contribution in [3.63, 3.8) is 0 Å². The van der Waals surface area contributed by atoms with Crippen molar-refractivity contribution in [3.05, 3.63) is 24.3 Å². The number of alkyl halides is 1. The van der Waals surface area contributed by atoms with Gasteiger partial charge in [0.15, 0.2) is 0 Å². The average Bonchev–Trinajstić information content (AvgIpc) is 2.90. The first-order valence-electron chi connectivity index (χ1n) is 5.86. The predicted molar refractivity (Wildman–Crippen MR) is 66.2 cm³/mol. The molecule has 0 bridgehead atoms. The molecule has 1 atom stereocenters. The van der Waals surface area contributed by atoms with Crippen molar-refractivity contribution < 1.29 is 9.90 Å². The van der Waals surface area contributed by atoms with Crippen LogP contribution in [0.25, 0.3) is 0 Å². The third-order valence-corrected chi connectivity index (χ3v) is 4.83. The highest BCUT2D eigenvalue weighted by atomic mass is 35.5. The average molecular weight is 252 g/mol. The fourth-order valence-electron chi connectivity index (χ4n) is 2.72. The number of anilines is 1. The van der Waals surface area contributed by atoms with Crippen molar-refractivity contribution in [3.8, 4) is 5.75 Å². The zero-order valence-corrected chi connectivity index (χ0v) is 10.1.